The summed E-state index contributed by atoms with van der Waals surface area (Å²) in [6.45, 7) is 0.627. The van der Waals surface area contributed by atoms with Crippen LogP contribution in [0.3, 0.4) is 0 Å². The Morgan fingerprint density at radius 3 is 2.85 bits per heavy atom. The summed E-state index contributed by atoms with van der Waals surface area (Å²) in [5.41, 5.74) is 3.49. The van der Waals surface area contributed by atoms with Gasteiger partial charge in [-0.3, -0.25) is 15.1 Å². The highest BCUT2D eigenvalue weighted by atomic mass is 16.3. The first-order chi connectivity index (χ1) is 9.70. The predicted molar refractivity (Wildman–Crippen MR) is 77.0 cm³/mol. The molecule has 1 aromatic heterocycles. The lowest BCUT2D eigenvalue weighted by Crippen LogP contribution is -2.37. The van der Waals surface area contributed by atoms with Crippen molar-refractivity contribution in [1.82, 2.24) is 10.3 Å². The summed E-state index contributed by atoms with van der Waals surface area (Å²) in [6, 6.07) is 8.14. The third-order valence-corrected chi connectivity index (χ3v) is 4.12. The van der Waals surface area contributed by atoms with Crippen LogP contribution in [0.25, 0.3) is 11.0 Å². The Bertz CT molecular complexity index is 631. The lowest BCUT2D eigenvalue weighted by molar-refractivity contribution is 0.0948. The Hall–Kier alpha value is -1.85. The molecule has 0 spiro atoms. The van der Waals surface area contributed by atoms with Crippen molar-refractivity contribution in [2.45, 2.75) is 31.8 Å². The molecule has 1 fully saturated rings. The predicted octanol–water partition coefficient (Wildman–Crippen LogP) is 2.02. The fourth-order valence-electron chi connectivity index (χ4n) is 2.71. The summed E-state index contributed by atoms with van der Waals surface area (Å²) in [5.74, 6) is 5.68. The monoisotopic (exact) mass is 273 g/mol. The van der Waals surface area contributed by atoms with E-state index in [1.807, 2.05) is 24.3 Å². The zero-order valence-electron chi connectivity index (χ0n) is 11.6. The van der Waals surface area contributed by atoms with Gasteiger partial charge in [-0.2, -0.15) is 0 Å². The fraction of sp³-hybridized carbons (Fsp3) is 0.400. The Balaban J connectivity index is 1.97. The minimum absolute atomic E-state index is 0.299. The maximum absolute atomic E-state index is 12.0. The highest BCUT2D eigenvalue weighted by molar-refractivity contribution is 6.07. The van der Waals surface area contributed by atoms with Gasteiger partial charge >= 0.3 is 0 Å². The van der Waals surface area contributed by atoms with Crippen LogP contribution in [0.4, 0.5) is 0 Å². The number of amides is 1. The summed E-state index contributed by atoms with van der Waals surface area (Å²) < 4.78 is 5.85. The summed E-state index contributed by atoms with van der Waals surface area (Å²) in [7, 11) is 2.07. The van der Waals surface area contributed by atoms with E-state index in [0.29, 0.717) is 23.9 Å². The number of nitrogens with zero attached hydrogens (tertiary/aromatic N) is 1. The molecule has 0 atom stereocenters. The number of para-hydroxylation sites is 1. The maximum Gasteiger partial charge on any atom is 0.269 e. The van der Waals surface area contributed by atoms with Gasteiger partial charge in [0.15, 0.2) is 0 Å². The van der Waals surface area contributed by atoms with Crippen molar-refractivity contribution in [3.05, 3.63) is 35.6 Å². The van der Waals surface area contributed by atoms with Gasteiger partial charge < -0.3 is 4.42 Å². The molecule has 2 aromatic rings. The van der Waals surface area contributed by atoms with Crippen molar-refractivity contribution in [3.63, 3.8) is 0 Å². The number of carbonyl (C=O) groups is 1. The molecule has 1 amide bonds. The molecular weight excluding hydrogens is 254 g/mol. The molecule has 5 nitrogen and oxygen atoms in total. The van der Waals surface area contributed by atoms with E-state index < -0.39 is 0 Å². The van der Waals surface area contributed by atoms with Gasteiger partial charge in [0.2, 0.25) is 0 Å². The minimum atomic E-state index is -0.299. The molecule has 1 saturated carbocycles. The van der Waals surface area contributed by atoms with Gasteiger partial charge in [0.25, 0.3) is 5.91 Å². The van der Waals surface area contributed by atoms with E-state index in [4.69, 9.17) is 10.3 Å². The Morgan fingerprint density at radius 1 is 1.45 bits per heavy atom. The van der Waals surface area contributed by atoms with Crippen molar-refractivity contribution >= 4 is 16.9 Å². The summed E-state index contributed by atoms with van der Waals surface area (Å²) in [4.78, 5) is 14.3. The number of furan rings is 1. The highest BCUT2D eigenvalue weighted by Crippen LogP contribution is 2.29. The topological polar surface area (TPSA) is 71.5 Å². The van der Waals surface area contributed by atoms with Gasteiger partial charge in [0, 0.05) is 11.4 Å². The first-order valence-corrected chi connectivity index (χ1v) is 6.92. The summed E-state index contributed by atoms with van der Waals surface area (Å²) in [6.07, 6.45) is 3.72. The van der Waals surface area contributed by atoms with E-state index in [1.165, 1.54) is 19.3 Å². The molecule has 0 unspecified atom stereocenters. The average molecular weight is 273 g/mol. The number of hydrogen-bond acceptors (Lipinski definition) is 4. The van der Waals surface area contributed by atoms with Gasteiger partial charge in [-0.25, -0.2) is 5.84 Å². The smallest absolute Gasteiger partial charge is 0.269 e. The van der Waals surface area contributed by atoms with E-state index in [1.54, 1.807) is 0 Å². The van der Waals surface area contributed by atoms with Crippen LogP contribution in [0.1, 0.15) is 35.4 Å². The van der Waals surface area contributed by atoms with E-state index in [2.05, 4.69) is 17.4 Å². The first-order valence-electron chi connectivity index (χ1n) is 6.92. The van der Waals surface area contributed by atoms with Gasteiger partial charge in [-0.15, -0.1) is 0 Å². The number of fused-ring (bicyclic) bond motifs is 1. The SMILES string of the molecule is CN(Cc1oc2ccccc2c1C(=O)NN)C1CCC1. The van der Waals surface area contributed by atoms with E-state index >= 15 is 0 Å². The van der Waals surface area contributed by atoms with Gasteiger partial charge in [-0.05, 0) is 26.0 Å². The standard InChI is InChI=1S/C15H19N3O2/c1-18(10-5-4-6-10)9-13-14(15(19)17-16)11-7-2-3-8-12(11)20-13/h2-3,7-8,10H,4-6,9,16H2,1H3,(H,17,19). The molecule has 106 valence electrons. The Morgan fingerprint density at radius 2 is 2.20 bits per heavy atom. The molecule has 0 aliphatic heterocycles. The molecule has 0 saturated heterocycles. The molecule has 3 rings (SSSR count). The van der Waals surface area contributed by atoms with Gasteiger partial charge in [0.1, 0.15) is 11.3 Å². The lowest BCUT2D eigenvalue weighted by Gasteiger charge is -2.34. The zero-order valence-corrected chi connectivity index (χ0v) is 11.6. The van der Waals surface area contributed by atoms with Crippen LogP contribution in [-0.4, -0.2) is 23.9 Å². The molecule has 1 aromatic carbocycles. The number of hydrogen-bond donors (Lipinski definition) is 2. The van der Waals surface area contributed by atoms with Crippen LogP contribution in [0, 0.1) is 0 Å². The summed E-state index contributed by atoms with van der Waals surface area (Å²) >= 11 is 0. The number of hydrazine groups is 1. The van der Waals surface area contributed by atoms with Crippen molar-refractivity contribution in [2.75, 3.05) is 7.05 Å². The van der Waals surface area contributed by atoms with Crippen molar-refractivity contribution in [3.8, 4) is 0 Å². The molecule has 20 heavy (non-hydrogen) atoms. The molecule has 0 radical (unpaired) electrons. The number of benzene rings is 1. The van der Waals surface area contributed by atoms with E-state index in [-0.39, 0.29) is 5.91 Å². The van der Waals surface area contributed by atoms with Crippen molar-refractivity contribution in [1.29, 1.82) is 0 Å². The Kier molecular flexibility index (Phi) is 3.46. The second kappa shape index (κ2) is 5.26. The molecule has 1 aliphatic rings. The number of carbonyl (C=O) groups excluding carboxylic acids is 1. The normalized spacial score (nSPS) is 15.6. The molecule has 1 heterocycles. The van der Waals surface area contributed by atoms with Crippen LogP contribution in [0.2, 0.25) is 0 Å². The molecule has 5 heteroatoms. The zero-order chi connectivity index (χ0) is 14.1. The van der Waals surface area contributed by atoms with Crippen molar-refractivity contribution < 1.29 is 9.21 Å². The second-order valence-electron chi connectivity index (χ2n) is 5.37. The minimum Gasteiger partial charge on any atom is -0.459 e. The molecule has 1 aliphatic carbocycles. The first kappa shape index (κ1) is 13.1. The third kappa shape index (κ3) is 2.19. The van der Waals surface area contributed by atoms with Gasteiger partial charge in [0.05, 0.1) is 12.1 Å². The number of nitrogen functional groups attached to an aromatic ring is 1. The molecule has 0 bridgehead atoms. The van der Waals surface area contributed by atoms with Crippen molar-refractivity contribution in [2.24, 2.45) is 5.84 Å². The van der Waals surface area contributed by atoms with Crippen LogP contribution in [-0.2, 0) is 6.54 Å². The third-order valence-electron chi connectivity index (χ3n) is 4.12. The number of nitrogens with one attached hydrogen (secondary N) is 1. The van der Waals surface area contributed by atoms with Crippen LogP contribution >= 0.6 is 0 Å². The fourth-order valence-corrected chi connectivity index (χ4v) is 2.71. The molecule has 3 N–H and O–H groups in total. The Labute approximate surface area is 117 Å². The summed E-state index contributed by atoms with van der Waals surface area (Å²) in [5, 5.41) is 0.812. The van der Waals surface area contributed by atoms with Crippen LogP contribution in [0.15, 0.2) is 28.7 Å². The van der Waals surface area contributed by atoms with Crippen LogP contribution < -0.4 is 11.3 Å². The quantitative estimate of drug-likeness (QED) is 0.508. The van der Waals surface area contributed by atoms with Crippen LogP contribution in [0.5, 0.6) is 0 Å². The van der Waals surface area contributed by atoms with Gasteiger partial charge in [-0.1, -0.05) is 24.6 Å². The number of nitrogens with two attached hydrogens (primary N) is 1. The largest absolute Gasteiger partial charge is 0.459 e. The second-order valence-corrected chi connectivity index (χ2v) is 5.37. The highest BCUT2D eigenvalue weighted by Gasteiger charge is 2.26. The maximum atomic E-state index is 12.0. The average Bonchev–Trinajstić information content (AvgIpc) is 2.73. The van der Waals surface area contributed by atoms with E-state index in [9.17, 15) is 4.79 Å². The lowest BCUT2D eigenvalue weighted by atomic mass is 9.92. The van der Waals surface area contributed by atoms with E-state index in [0.717, 1.165) is 11.0 Å². The molecular formula is C15H19N3O2. The number of rotatable bonds is 4.